The molecule has 0 saturated heterocycles. The summed E-state index contributed by atoms with van der Waals surface area (Å²) in [4.78, 5) is 4.36. The fourth-order valence-corrected chi connectivity index (χ4v) is 6.96. The van der Waals surface area contributed by atoms with Crippen LogP contribution in [0.4, 0.5) is 34.1 Å². The molecular formula is C51H48N4O2. The number of unbranched alkanes of at least 4 members (excludes halogenated alkanes) is 1. The average molecular weight is 749 g/mol. The van der Waals surface area contributed by atoms with E-state index in [1.165, 1.54) is 12.5 Å². The highest BCUT2D eigenvalue weighted by Crippen LogP contribution is 2.45. The lowest BCUT2D eigenvalue weighted by atomic mass is 9.97. The highest BCUT2D eigenvalue weighted by Gasteiger charge is 2.23. The van der Waals surface area contributed by atoms with Crippen LogP contribution in [0.1, 0.15) is 56.2 Å². The number of hydrogen-bond acceptors (Lipinski definition) is 6. The fourth-order valence-electron chi connectivity index (χ4n) is 6.96. The summed E-state index contributed by atoms with van der Waals surface area (Å²) in [7, 11) is 1.62. The van der Waals surface area contributed by atoms with Crippen molar-refractivity contribution in [3.05, 3.63) is 174 Å². The zero-order valence-electron chi connectivity index (χ0n) is 32.9. The summed E-state index contributed by atoms with van der Waals surface area (Å²) in [5.74, 6) is 1.71. The summed E-state index contributed by atoms with van der Waals surface area (Å²) in [5.41, 5.74) is 8.03. The molecule has 0 N–H and O–H groups in total. The minimum absolute atomic E-state index is 0.412. The van der Waals surface area contributed by atoms with Crippen LogP contribution >= 0.6 is 0 Å². The third-order valence-electron chi connectivity index (χ3n) is 9.96. The van der Waals surface area contributed by atoms with Crippen molar-refractivity contribution < 1.29 is 9.47 Å². The van der Waals surface area contributed by atoms with E-state index >= 15 is 0 Å². The number of anilines is 6. The molecule has 0 aliphatic carbocycles. The van der Waals surface area contributed by atoms with Gasteiger partial charge in [0.25, 0.3) is 0 Å². The molecule has 1 unspecified atom stereocenters. The maximum Gasteiger partial charge on any atom is 0.127 e. The van der Waals surface area contributed by atoms with E-state index in [9.17, 15) is 10.5 Å². The van der Waals surface area contributed by atoms with Crippen LogP contribution in [-0.2, 0) is 0 Å². The number of nitriles is 2. The van der Waals surface area contributed by atoms with Gasteiger partial charge < -0.3 is 19.3 Å². The molecule has 6 aromatic rings. The van der Waals surface area contributed by atoms with Crippen LogP contribution in [0.5, 0.6) is 11.5 Å². The third-order valence-corrected chi connectivity index (χ3v) is 9.96. The predicted molar refractivity (Wildman–Crippen MR) is 236 cm³/mol. The number of benzene rings is 6. The lowest BCUT2D eigenvalue weighted by molar-refractivity contribution is 0.233. The van der Waals surface area contributed by atoms with Crippen LogP contribution in [0.25, 0.3) is 17.7 Å². The number of methoxy groups -OCH3 is 1. The Morgan fingerprint density at radius 2 is 1.18 bits per heavy atom. The number of nitrogens with zero attached hydrogens (tertiary/aromatic N) is 4. The second kappa shape index (κ2) is 20.1. The number of allylic oxidation sites excluding steroid dienone is 2. The van der Waals surface area contributed by atoms with E-state index in [4.69, 9.17) is 9.47 Å². The Kier molecular flexibility index (Phi) is 14.0. The Bertz CT molecular complexity index is 2270. The maximum atomic E-state index is 11.0. The third kappa shape index (κ3) is 9.81. The number of para-hydroxylation sites is 4. The molecule has 284 valence electrons. The first-order valence-electron chi connectivity index (χ1n) is 19.6. The van der Waals surface area contributed by atoms with Crippen molar-refractivity contribution >= 4 is 51.8 Å². The summed E-state index contributed by atoms with van der Waals surface area (Å²) in [6, 6.07) is 55.3. The fraction of sp³-hybridized carbons (Fsp3) is 0.176. The van der Waals surface area contributed by atoms with Crippen molar-refractivity contribution in [3.8, 4) is 23.6 Å². The highest BCUT2D eigenvalue weighted by atomic mass is 16.5. The van der Waals surface area contributed by atoms with E-state index in [2.05, 4.69) is 96.4 Å². The number of hydrogen-bond donors (Lipinski definition) is 0. The summed E-state index contributed by atoms with van der Waals surface area (Å²) in [5, 5.41) is 20.8. The van der Waals surface area contributed by atoms with E-state index in [0.29, 0.717) is 35.2 Å². The van der Waals surface area contributed by atoms with E-state index < -0.39 is 0 Å². The SMILES string of the molecule is CCCCC(CC)COc1ccc(OC)c(/C(C#N)=C/c2cc(N(c3ccccc3)c3ccccc3)c(/C=C\C#N)cc2N(c2ccccc2)c2ccccc2)c1. The highest BCUT2D eigenvalue weighted by molar-refractivity contribution is 5.98. The standard InChI is InChI=1S/C51H48N4O2/c1-4-6-20-39(5-2)38-57-47-30-31-51(56-3)48(36-47)42(37-53)33-41-35-49(54(43-22-11-7-12-23-43)44-24-13-8-14-25-44)40(21-19-32-52)34-50(41)55(45-26-15-9-16-27-45)46-28-17-10-18-29-46/h7-19,21-31,33-36,39H,4-6,20,38H2,1-3H3/b21-19-,42-33+. The molecule has 0 aromatic heterocycles. The Balaban J connectivity index is 1.63. The van der Waals surface area contributed by atoms with Gasteiger partial charge in [0.2, 0.25) is 0 Å². The number of rotatable bonds is 17. The summed E-state index contributed by atoms with van der Waals surface area (Å²) in [6.45, 7) is 5.03. The van der Waals surface area contributed by atoms with E-state index in [-0.39, 0.29) is 0 Å². The van der Waals surface area contributed by atoms with Gasteiger partial charge in [-0.15, -0.1) is 0 Å². The number of ether oxygens (including phenoxy) is 2. The van der Waals surface area contributed by atoms with E-state index in [1.807, 2.05) is 103 Å². The van der Waals surface area contributed by atoms with Gasteiger partial charge >= 0.3 is 0 Å². The molecular weight excluding hydrogens is 701 g/mol. The monoisotopic (exact) mass is 748 g/mol. The molecule has 6 aromatic carbocycles. The first-order chi connectivity index (χ1) is 28.1. The van der Waals surface area contributed by atoms with Crippen molar-refractivity contribution in [1.82, 2.24) is 0 Å². The molecule has 0 aliphatic rings. The molecule has 6 heteroatoms. The van der Waals surface area contributed by atoms with Crippen molar-refractivity contribution in [3.63, 3.8) is 0 Å². The first kappa shape index (κ1) is 39.7. The first-order valence-corrected chi connectivity index (χ1v) is 19.6. The second-order valence-electron chi connectivity index (χ2n) is 13.7. The molecule has 0 fully saturated rings. The Morgan fingerprint density at radius 3 is 1.63 bits per heavy atom. The topological polar surface area (TPSA) is 72.5 Å². The molecule has 0 aliphatic heterocycles. The van der Waals surface area contributed by atoms with Gasteiger partial charge in [-0.05, 0) is 103 Å². The maximum absolute atomic E-state index is 11.0. The van der Waals surface area contributed by atoms with Gasteiger partial charge in [-0.3, -0.25) is 0 Å². The smallest absolute Gasteiger partial charge is 0.127 e. The van der Waals surface area contributed by atoms with Gasteiger partial charge in [-0.25, -0.2) is 0 Å². The van der Waals surface area contributed by atoms with Crippen LogP contribution < -0.4 is 19.3 Å². The molecule has 0 saturated carbocycles. The molecule has 6 rings (SSSR count). The second-order valence-corrected chi connectivity index (χ2v) is 13.7. The van der Waals surface area contributed by atoms with Crippen molar-refractivity contribution in [1.29, 1.82) is 10.5 Å². The predicted octanol–water partition coefficient (Wildman–Crippen LogP) is 13.8. The summed E-state index contributed by atoms with van der Waals surface area (Å²) < 4.78 is 12.3. The van der Waals surface area contributed by atoms with Gasteiger partial charge in [-0.1, -0.05) is 106 Å². The lowest BCUT2D eigenvalue weighted by Gasteiger charge is -2.31. The van der Waals surface area contributed by atoms with Gasteiger partial charge in [0, 0.05) is 45.5 Å². The van der Waals surface area contributed by atoms with Crippen LogP contribution in [0.15, 0.2) is 158 Å². The van der Waals surface area contributed by atoms with Gasteiger partial charge in [-0.2, -0.15) is 10.5 Å². The molecule has 1 atom stereocenters. The van der Waals surface area contributed by atoms with Crippen LogP contribution in [-0.4, -0.2) is 13.7 Å². The van der Waals surface area contributed by atoms with Crippen LogP contribution in [0.2, 0.25) is 0 Å². The Morgan fingerprint density at radius 1 is 0.667 bits per heavy atom. The normalized spacial score (nSPS) is 11.7. The van der Waals surface area contributed by atoms with Crippen LogP contribution in [0.3, 0.4) is 0 Å². The van der Waals surface area contributed by atoms with Crippen LogP contribution in [0, 0.1) is 28.6 Å². The van der Waals surface area contributed by atoms with Crippen molar-refractivity contribution in [2.45, 2.75) is 39.5 Å². The zero-order chi connectivity index (χ0) is 39.8. The minimum atomic E-state index is 0.412. The largest absolute Gasteiger partial charge is 0.496 e. The average Bonchev–Trinajstić information content (AvgIpc) is 3.27. The van der Waals surface area contributed by atoms with Gasteiger partial charge in [0.05, 0.1) is 42.8 Å². The Labute approximate surface area is 337 Å². The zero-order valence-corrected chi connectivity index (χ0v) is 32.9. The van der Waals surface area contributed by atoms with Crippen molar-refractivity contribution in [2.24, 2.45) is 5.92 Å². The Hall–Kier alpha value is -7.02. The molecule has 0 spiro atoms. The summed E-state index contributed by atoms with van der Waals surface area (Å²) in [6.07, 6.45) is 9.76. The lowest BCUT2D eigenvalue weighted by Crippen LogP contribution is -2.15. The van der Waals surface area contributed by atoms with E-state index in [0.717, 1.165) is 64.5 Å². The molecule has 0 bridgehead atoms. The summed E-state index contributed by atoms with van der Waals surface area (Å²) >= 11 is 0. The molecule has 57 heavy (non-hydrogen) atoms. The molecule has 6 nitrogen and oxygen atoms in total. The molecule has 0 radical (unpaired) electrons. The van der Waals surface area contributed by atoms with Gasteiger partial charge in [0.1, 0.15) is 11.5 Å². The quantitative estimate of drug-likeness (QED) is 0.0683. The van der Waals surface area contributed by atoms with Gasteiger partial charge in [0.15, 0.2) is 0 Å². The molecule has 0 amide bonds. The minimum Gasteiger partial charge on any atom is -0.496 e. The van der Waals surface area contributed by atoms with E-state index in [1.54, 1.807) is 7.11 Å². The van der Waals surface area contributed by atoms with Crippen molar-refractivity contribution in [2.75, 3.05) is 23.5 Å². The molecule has 0 heterocycles.